The molecule has 2 heterocycles. The van der Waals surface area contributed by atoms with Crippen molar-refractivity contribution in [2.45, 2.75) is 19.8 Å². The molecule has 152 valence electrons. The zero-order valence-electron chi connectivity index (χ0n) is 16.4. The molecule has 0 saturated carbocycles. The van der Waals surface area contributed by atoms with Crippen molar-refractivity contribution < 1.29 is 9.53 Å². The van der Waals surface area contributed by atoms with Gasteiger partial charge in [0, 0.05) is 31.2 Å². The number of aryl methyl sites for hydroxylation is 1. The number of hydrogen-bond acceptors (Lipinski definition) is 5. The van der Waals surface area contributed by atoms with Crippen LogP contribution in [0.15, 0.2) is 42.5 Å². The van der Waals surface area contributed by atoms with Crippen molar-refractivity contribution >= 4 is 44.2 Å². The minimum Gasteiger partial charge on any atom is -0.493 e. The molecule has 0 radical (unpaired) electrons. The molecular formula is C22H24ClN3O2S. The number of amides is 1. The molecule has 5 nitrogen and oxygen atoms in total. The van der Waals surface area contributed by atoms with E-state index in [2.05, 4.69) is 30.0 Å². The Hall–Kier alpha value is -2.31. The van der Waals surface area contributed by atoms with Crippen molar-refractivity contribution in [3.8, 4) is 5.75 Å². The second-order valence-corrected chi connectivity index (χ2v) is 8.52. The lowest BCUT2D eigenvalue weighted by molar-refractivity contribution is -0.132. The largest absolute Gasteiger partial charge is 0.493 e. The van der Waals surface area contributed by atoms with E-state index in [1.807, 2.05) is 17.0 Å². The fraction of sp³-hybridized carbons (Fsp3) is 0.364. The maximum atomic E-state index is 12.5. The van der Waals surface area contributed by atoms with Crippen molar-refractivity contribution in [2.75, 3.05) is 37.7 Å². The molecule has 0 spiro atoms. The first-order chi connectivity index (χ1) is 14.1. The van der Waals surface area contributed by atoms with Crippen LogP contribution < -0.4 is 9.64 Å². The second-order valence-electron chi connectivity index (χ2n) is 7.07. The number of benzene rings is 2. The van der Waals surface area contributed by atoms with Gasteiger partial charge in [0.05, 0.1) is 23.2 Å². The molecule has 0 aliphatic carbocycles. The number of hydrogen-bond donors (Lipinski definition) is 0. The SMILES string of the molecule is CCc1ccc2nc(N3CCN(C(=O)CCOc4ccc(Cl)cc4)CC3)sc2c1. The number of anilines is 1. The lowest BCUT2D eigenvalue weighted by Gasteiger charge is -2.34. The molecule has 2 aromatic carbocycles. The Morgan fingerprint density at radius 2 is 1.90 bits per heavy atom. The number of piperazine rings is 1. The maximum absolute atomic E-state index is 12.5. The minimum atomic E-state index is 0.135. The van der Waals surface area contributed by atoms with Crippen LogP contribution in [0.1, 0.15) is 18.9 Å². The first-order valence-electron chi connectivity index (χ1n) is 9.93. The van der Waals surface area contributed by atoms with Gasteiger partial charge in [0.25, 0.3) is 0 Å². The lowest BCUT2D eigenvalue weighted by Crippen LogP contribution is -2.49. The lowest BCUT2D eigenvalue weighted by atomic mass is 10.2. The van der Waals surface area contributed by atoms with Gasteiger partial charge in [-0.05, 0) is 48.4 Å². The van der Waals surface area contributed by atoms with Gasteiger partial charge in [0.15, 0.2) is 5.13 Å². The number of aromatic nitrogens is 1. The summed E-state index contributed by atoms with van der Waals surface area (Å²) < 4.78 is 6.87. The van der Waals surface area contributed by atoms with Crippen molar-refractivity contribution in [3.05, 3.63) is 53.1 Å². The predicted octanol–water partition coefficient (Wildman–Crippen LogP) is 4.63. The molecule has 29 heavy (non-hydrogen) atoms. The molecule has 1 amide bonds. The van der Waals surface area contributed by atoms with Crippen LogP contribution in [0, 0.1) is 0 Å². The molecule has 1 aromatic heterocycles. The summed E-state index contributed by atoms with van der Waals surface area (Å²) in [5.41, 5.74) is 2.39. The smallest absolute Gasteiger partial charge is 0.226 e. The van der Waals surface area contributed by atoms with Crippen LogP contribution >= 0.6 is 22.9 Å². The Morgan fingerprint density at radius 1 is 1.14 bits per heavy atom. The standard InChI is InChI=1S/C22H24ClN3O2S/c1-2-16-3-8-19-20(15-16)29-22(24-19)26-12-10-25(11-13-26)21(27)9-14-28-18-6-4-17(23)5-7-18/h3-8,15H,2,9-14H2,1H3. The third kappa shape index (κ3) is 4.82. The van der Waals surface area contributed by atoms with E-state index in [-0.39, 0.29) is 5.91 Å². The van der Waals surface area contributed by atoms with Gasteiger partial charge in [-0.25, -0.2) is 4.98 Å². The van der Waals surface area contributed by atoms with Gasteiger partial charge in [-0.2, -0.15) is 0 Å². The summed E-state index contributed by atoms with van der Waals surface area (Å²) in [7, 11) is 0. The molecule has 1 saturated heterocycles. The van der Waals surface area contributed by atoms with Gasteiger partial charge in [-0.3, -0.25) is 4.79 Å². The van der Waals surface area contributed by atoms with Crippen molar-refractivity contribution in [3.63, 3.8) is 0 Å². The van der Waals surface area contributed by atoms with Gasteiger partial charge in [0.1, 0.15) is 5.75 Å². The van der Waals surface area contributed by atoms with Crippen molar-refractivity contribution in [1.29, 1.82) is 0 Å². The summed E-state index contributed by atoms with van der Waals surface area (Å²) in [6.45, 7) is 5.60. The third-order valence-corrected chi connectivity index (χ3v) is 6.48. The predicted molar refractivity (Wildman–Crippen MR) is 119 cm³/mol. The monoisotopic (exact) mass is 429 g/mol. The first kappa shape index (κ1) is 20.0. The van der Waals surface area contributed by atoms with E-state index in [1.54, 1.807) is 23.5 Å². The Balaban J connectivity index is 1.27. The molecule has 4 rings (SSSR count). The highest BCUT2D eigenvalue weighted by Crippen LogP contribution is 2.30. The number of rotatable bonds is 6. The quantitative estimate of drug-likeness (QED) is 0.573. The van der Waals surface area contributed by atoms with Gasteiger partial charge in [-0.1, -0.05) is 35.9 Å². The number of halogens is 1. The summed E-state index contributed by atoms with van der Waals surface area (Å²) in [6.07, 6.45) is 1.41. The van der Waals surface area contributed by atoms with E-state index in [1.165, 1.54) is 10.3 Å². The molecule has 1 aliphatic rings. The molecule has 0 atom stereocenters. The van der Waals surface area contributed by atoms with Crippen LogP contribution in [0.3, 0.4) is 0 Å². The Kier molecular flexibility index (Phi) is 6.21. The van der Waals surface area contributed by atoms with Crippen LogP contribution in [0.2, 0.25) is 5.02 Å². The summed E-state index contributed by atoms with van der Waals surface area (Å²) in [4.78, 5) is 21.5. The molecule has 7 heteroatoms. The number of carbonyl (C=O) groups excluding carboxylic acids is 1. The fourth-order valence-corrected chi connectivity index (χ4v) is 4.61. The highest BCUT2D eigenvalue weighted by Gasteiger charge is 2.23. The number of fused-ring (bicyclic) bond motifs is 1. The number of carbonyl (C=O) groups is 1. The van der Waals surface area contributed by atoms with E-state index >= 15 is 0 Å². The summed E-state index contributed by atoms with van der Waals surface area (Å²) in [6, 6.07) is 13.7. The van der Waals surface area contributed by atoms with E-state index in [0.717, 1.165) is 49.0 Å². The zero-order chi connectivity index (χ0) is 20.2. The topological polar surface area (TPSA) is 45.7 Å². The molecule has 1 fully saturated rings. The summed E-state index contributed by atoms with van der Waals surface area (Å²) in [5, 5.41) is 1.72. The Morgan fingerprint density at radius 3 is 2.62 bits per heavy atom. The Bertz CT molecular complexity index is 981. The summed E-state index contributed by atoms with van der Waals surface area (Å²) >= 11 is 7.60. The highest BCUT2D eigenvalue weighted by molar-refractivity contribution is 7.22. The fourth-order valence-electron chi connectivity index (χ4n) is 3.40. The number of nitrogens with zero attached hydrogens (tertiary/aromatic N) is 3. The summed E-state index contributed by atoms with van der Waals surface area (Å²) in [5.74, 6) is 0.865. The molecule has 3 aromatic rings. The Labute approximate surface area is 179 Å². The van der Waals surface area contributed by atoms with Gasteiger partial charge < -0.3 is 14.5 Å². The molecule has 1 aliphatic heterocycles. The maximum Gasteiger partial charge on any atom is 0.226 e. The van der Waals surface area contributed by atoms with Crippen LogP contribution in [-0.2, 0) is 11.2 Å². The van der Waals surface area contributed by atoms with Crippen LogP contribution in [-0.4, -0.2) is 48.6 Å². The van der Waals surface area contributed by atoms with Crippen LogP contribution in [0.25, 0.3) is 10.2 Å². The van der Waals surface area contributed by atoms with Gasteiger partial charge >= 0.3 is 0 Å². The molecular weight excluding hydrogens is 406 g/mol. The first-order valence-corrected chi connectivity index (χ1v) is 11.1. The van der Waals surface area contributed by atoms with Crippen LogP contribution in [0.4, 0.5) is 5.13 Å². The van der Waals surface area contributed by atoms with E-state index in [4.69, 9.17) is 21.3 Å². The van der Waals surface area contributed by atoms with Crippen LogP contribution in [0.5, 0.6) is 5.75 Å². The van der Waals surface area contributed by atoms with Gasteiger partial charge in [-0.15, -0.1) is 0 Å². The second kappa shape index (κ2) is 9.01. The van der Waals surface area contributed by atoms with Crippen molar-refractivity contribution in [2.24, 2.45) is 0 Å². The van der Waals surface area contributed by atoms with Crippen molar-refractivity contribution in [1.82, 2.24) is 9.88 Å². The molecule has 0 bridgehead atoms. The van der Waals surface area contributed by atoms with Gasteiger partial charge in [0.2, 0.25) is 5.91 Å². The average Bonchev–Trinajstić information content (AvgIpc) is 3.18. The third-order valence-electron chi connectivity index (χ3n) is 5.15. The zero-order valence-corrected chi connectivity index (χ0v) is 18.0. The van der Waals surface area contributed by atoms with E-state index in [0.29, 0.717) is 18.1 Å². The number of thiazole rings is 1. The average molecular weight is 430 g/mol. The van der Waals surface area contributed by atoms with E-state index < -0.39 is 0 Å². The number of ether oxygens (including phenoxy) is 1. The highest BCUT2D eigenvalue weighted by atomic mass is 35.5. The normalized spacial score (nSPS) is 14.4. The minimum absolute atomic E-state index is 0.135. The van der Waals surface area contributed by atoms with E-state index in [9.17, 15) is 4.79 Å². The molecule has 0 unspecified atom stereocenters. The molecule has 0 N–H and O–H groups in total.